The Bertz CT molecular complexity index is 642. The first-order valence-corrected chi connectivity index (χ1v) is 8.86. The molecule has 1 aromatic carbocycles. The lowest BCUT2D eigenvalue weighted by Gasteiger charge is -2.16. The quantitative estimate of drug-likeness (QED) is 0.750. The molecule has 0 aliphatic heterocycles. The molecule has 24 heavy (non-hydrogen) atoms. The van der Waals surface area contributed by atoms with Gasteiger partial charge >= 0.3 is 0 Å². The average Bonchev–Trinajstić information content (AvgIpc) is 3.11. The Morgan fingerprint density at radius 3 is 2.54 bits per heavy atom. The van der Waals surface area contributed by atoms with Gasteiger partial charge in [0.15, 0.2) is 11.5 Å². The second-order valence-corrected chi connectivity index (χ2v) is 5.80. The van der Waals surface area contributed by atoms with E-state index in [1.165, 1.54) is 0 Å². The van der Waals surface area contributed by atoms with Gasteiger partial charge < -0.3 is 19.5 Å². The molecule has 1 amide bonds. The second kappa shape index (κ2) is 9.30. The van der Waals surface area contributed by atoms with Crippen LogP contribution in [-0.2, 0) is 4.74 Å². The standard InChI is InChI=1S/C18H23NO4S/c1-4-22-15-7-6-13(10-16(15)23-5-2)18(20)19-11-17(21-3)14-8-9-24-12-14/h6-10,12,17H,4-5,11H2,1-3H3,(H,19,20). The first-order valence-electron chi connectivity index (χ1n) is 7.92. The number of methoxy groups -OCH3 is 1. The molecule has 0 aliphatic carbocycles. The normalized spacial score (nSPS) is 11.8. The highest BCUT2D eigenvalue weighted by molar-refractivity contribution is 7.07. The summed E-state index contributed by atoms with van der Waals surface area (Å²) < 4.78 is 16.5. The summed E-state index contributed by atoms with van der Waals surface area (Å²) in [5, 5.41) is 6.91. The van der Waals surface area contributed by atoms with E-state index in [-0.39, 0.29) is 12.0 Å². The van der Waals surface area contributed by atoms with Crippen molar-refractivity contribution < 1.29 is 19.0 Å². The fourth-order valence-corrected chi connectivity index (χ4v) is 2.98. The third-order valence-electron chi connectivity index (χ3n) is 3.45. The Labute approximate surface area is 146 Å². The Morgan fingerprint density at radius 1 is 1.17 bits per heavy atom. The smallest absolute Gasteiger partial charge is 0.251 e. The number of carbonyl (C=O) groups is 1. The molecule has 0 saturated carbocycles. The molecule has 1 heterocycles. The fourth-order valence-electron chi connectivity index (χ4n) is 2.28. The van der Waals surface area contributed by atoms with Crippen LogP contribution < -0.4 is 14.8 Å². The Kier molecular flexibility index (Phi) is 7.08. The van der Waals surface area contributed by atoms with E-state index in [0.29, 0.717) is 36.8 Å². The molecule has 2 rings (SSSR count). The Hall–Kier alpha value is -2.05. The monoisotopic (exact) mass is 349 g/mol. The minimum atomic E-state index is -0.170. The summed E-state index contributed by atoms with van der Waals surface area (Å²) >= 11 is 1.60. The maximum absolute atomic E-state index is 12.4. The van der Waals surface area contributed by atoms with Crippen LogP contribution in [0.3, 0.4) is 0 Å². The number of benzene rings is 1. The Morgan fingerprint density at radius 2 is 1.92 bits per heavy atom. The summed E-state index contributed by atoms with van der Waals surface area (Å²) in [5.41, 5.74) is 1.59. The van der Waals surface area contributed by atoms with Crippen LogP contribution >= 0.6 is 11.3 Å². The molecule has 1 atom stereocenters. The number of nitrogens with one attached hydrogen (secondary N) is 1. The zero-order valence-corrected chi connectivity index (χ0v) is 15.0. The average molecular weight is 349 g/mol. The Balaban J connectivity index is 2.04. The van der Waals surface area contributed by atoms with Gasteiger partial charge in [-0.3, -0.25) is 4.79 Å². The summed E-state index contributed by atoms with van der Waals surface area (Å²) in [6.07, 6.45) is -0.158. The highest BCUT2D eigenvalue weighted by Gasteiger charge is 2.15. The zero-order chi connectivity index (χ0) is 17.4. The summed E-state index contributed by atoms with van der Waals surface area (Å²) in [5.74, 6) is 1.05. The third kappa shape index (κ3) is 4.72. The van der Waals surface area contributed by atoms with Crippen LogP contribution in [0.15, 0.2) is 35.0 Å². The van der Waals surface area contributed by atoms with E-state index in [1.54, 1.807) is 36.6 Å². The predicted molar refractivity (Wildman–Crippen MR) is 95.2 cm³/mol. The SMILES string of the molecule is CCOc1ccc(C(=O)NCC(OC)c2ccsc2)cc1OCC. The van der Waals surface area contributed by atoms with Crippen LogP contribution in [0.25, 0.3) is 0 Å². The molecule has 1 unspecified atom stereocenters. The topological polar surface area (TPSA) is 56.8 Å². The minimum absolute atomic E-state index is 0.158. The fraction of sp³-hybridized carbons (Fsp3) is 0.389. The maximum Gasteiger partial charge on any atom is 0.251 e. The lowest BCUT2D eigenvalue weighted by atomic mass is 10.1. The summed E-state index contributed by atoms with van der Waals surface area (Å²) in [6.45, 7) is 5.26. The number of hydrogen-bond donors (Lipinski definition) is 1. The van der Waals surface area contributed by atoms with E-state index >= 15 is 0 Å². The molecule has 0 bridgehead atoms. The van der Waals surface area contributed by atoms with Gasteiger partial charge in [0.1, 0.15) is 6.10 Å². The lowest BCUT2D eigenvalue weighted by molar-refractivity contribution is 0.0829. The molecule has 0 spiro atoms. The maximum atomic E-state index is 12.4. The number of ether oxygens (including phenoxy) is 3. The van der Waals surface area contributed by atoms with Crippen molar-refractivity contribution in [2.75, 3.05) is 26.9 Å². The van der Waals surface area contributed by atoms with Crippen molar-refractivity contribution in [1.29, 1.82) is 0 Å². The summed E-state index contributed by atoms with van der Waals surface area (Å²) in [4.78, 5) is 12.4. The van der Waals surface area contributed by atoms with Crippen molar-refractivity contribution in [3.8, 4) is 11.5 Å². The van der Waals surface area contributed by atoms with Crippen molar-refractivity contribution in [2.45, 2.75) is 20.0 Å². The van der Waals surface area contributed by atoms with E-state index < -0.39 is 0 Å². The third-order valence-corrected chi connectivity index (χ3v) is 4.15. The highest BCUT2D eigenvalue weighted by Crippen LogP contribution is 2.28. The number of thiophene rings is 1. The van der Waals surface area contributed by atoms with Gasteiger partial charge in [-0.1, -0.05) is 0 Å². The number of amides is 1. The van der Waals surface area contributed by atoms with Gasteiger partial charge in [0.05, 0.1) is 13.2 Å². The molecule has 0 fully saturated rings. The van der Waals surface area contributed by atoms with Gasteiger partial charge in [0, 0.05) is 19.2 Å². The van der Waals surface area contributed by atoms with Gasteiger partial charge in [-0.15, -0.1) is 0 Å². The first kappa shape index (κ1) is 18.3. The number of carbonyl (C=O) groups excluding carboxylic acids is 1. The molecule has 5 nitrogen and oxygen atoms in total. The molecule has 1 N–H and O–H groups in total. The van der Waals surface area contributed by atoms with Gasteiger partial charge in [0.2, 0.25) is 0 Å². The molecule has 0 saturated heterocycles. The molecule has 130 valence electrons. The van der Waals surface area contributed by atoms with E-state index in [1.807, 2.05) is 30.7 Å². The molecular formula is C18H23NO4S. The van der Waals surface area contributed by atoms with Crippen LogP contribution in [0.4, 0.5) is 0 Å². The van der Waals surface area contributed by atoms with Crippen LogP contribution in [0, 0.1) is 0 Å². The molecule has 0 radical (unpaired) electrons. The van der Waals surface area contributed by atoms with E-state index in [9.17, 15) is 4.79 Å². The van der Waals surface area contributed by atoms with Crippen molar-refractivity contribution in [3.05, 3.63) is 46.2 Å². The van der Waals surface area contributed by atoms with Gasteiger partial charge in [-0.05, 0) is 54.4 Å². The molecule has 0 aliphatic rings. The number of hydrogen-bond acceptors (Lipinski definition) is 5. The van der Waals surface area contributed by atoms with E-state index in [0.717, 1.165) is 5.56 Å². The predicted octanol–water partition coefficient (Wildman–Crippen LogP) is 3.66. The molecule has 2 aromatic rings. The van der Waals surface area contributed by atoms with Crippen LogP contribution in [0.2, 0.25) is 0 Å². The van der Waals surface area contributed by atoms with Crippen molar-refractivity contribution in [2.24, 2.45) is 0 Å². The van der Waals surface area contributed by atoms with Gasteiger partial charge in [-0.2, -0.15) is 11.3 Å². The second-order valence-electron chi connectivity index (χ2n) is 5.02. The largest absolute Gasteiger partial charge is 0.490 e. The van der Waals surface area contributed by atoms with Crippen LogP contribution in [0.5, 0.6) is 11.5 Å². The highest BCUT2D eigenvalue weighted by atomic mass is 32.1. The van der Waals surface area contributed by atoms with Crippen molar-refractivity contribution in [3.63, 3.8) is 0 Å². The van der Waals surface area contributed by atoms with E-state index in [4.69, 9.17) is 14.2 Å². The van der Waals surface area contributed by atoms with Crippen molar-refractivity contribution >= 4 is 17.2 Å². The molecular weight excluding hydrogens is 326 g/mol. The first-order chi connectivity index (χ1) is 11.7. The van der Waals surface area contributed by atoms with Crippen molar-refractivity contribution in [1.82, 2.24) is 5.32 Å². The minimum Gasteiger partial charge on any atom is -0.490 e. The lowest BCUT2D eigenvalue weighted by Crippen LogP contribution is -2.29. The van der Waals surface area contributed by atoms with Crippen LogP contribution in [-0.4, -0.2) is 32.8 Å². The molecule has 1 aromatic heterocycles. The van der Waals surface area contributed by atoms with Gasteiger partial charge in [-0.25, -0.2) is 0 Å². The van der Waals surface area contributed by atoms with E-state index in [2.05, 4.69) is 5.32 Å². The van der Waals surface area contributed by atoms with Gasteiger partial charge in [0.25, 0.3) is 5.91 Å². The summed E-state index contributed by atoms with van der Waals surface area (Å²) in [6, 6.07) is 7.19. The number of rotatable bonds is 9. The zero-order valence-electron chi connectivity index (χ0n) is 14.2. The molecule has 6 heteroatoms. The van der Waals surface area contributed by atoms with Crippen LogP contribution in [0.1, 0.15) is 35.9 Å². The summed E-state index contributed by atoms with van der Waals surface area (Å²) in [7, 11) is 1.64.